The van der Waals surface area contributed by atoms with Crippen LogP contribution in [0.2, 0.25) is 0 Å². The van der Waals surface area contributed by atoms with E-state index < -0.39 is 16.5 Å². The second kappa shape index (κ2) is 3.97. The Morgan fingerprint density at radius 1 is 1.41 bits per heavy atom. The number of nitrogens with zero attached hydrogens (tertiary/aromatic N) is 1. The normalized spacial score (nSPS) is 18.2. The highest BCUT2D eigenvalue weighted by molar-refractivity contribution is 5.54. The number of aryl methyl sites for hydroxylation is 1. The third-order valence-corrected chi connectivity index (χ3v) is 2.76. The fourth-order valence-corrected chi connectivity index (χ4v) is 1.92. The van der Waals surface area contributed by atoms with Crippen molar-refractivity contribution < 1.29 is 19.5 Å². The summed E-state index contributed by atoms with van der Waals surface area (Å²) in [5.41, 5.74) is 0.631. The van der Waals surface area contributed by atoms with E-state index in [-0.39, 0.29) is 5.69 Å². The summed E-state index contributed by atoms with van der Waals surface area (Å²) in [6, 6.07) is 2.95. The predicted molar refractivity (Wildman–Crippen MR) is 58.8 cm³/mol. The summed E-state index contributed by atoms with van der Waals surface area (Å²) >= 11 is 0. The standard InChI is InChI=1S/C11H13NO5/c1-7-5-8(11(2)16-3-4-17-11)10(13)9(6-7)12(14)15/h5-6,13H,3-4H2,1-2H3. The molecular formula is C11H13NO5. The number of aromatic hydroxyl groups is 1. The molecule has 1 fully saturated rings. The van der Waals surface area contributed by atoms with Gasteiger partial charge < -0.3 is 14.6 Å². The molecule has 1 heterocycles. The predicted octanol–water partition coefficient (Wildman–Crippen LogP) is 1.83. The van der Waals surface area contributed by atoms with Gasteiger partial charge in [0.25, 0.3) is 0 Å². The van der Waals surface area contributed by atoms with Gasteiger partial charge >= 0.3 is 5.69 Å². The first-order chi connectivity index (χ1) is 7.94. The summed E-state index contributed by atoms with van der Waals surface area (Å²) < 4.78 is 10.8. The van der Waals surface area contributed by atoms with Crippen LogP contribution in [0, 0.1) is 17.0 Å². The third-order valence-electron chi connectivity index (χ3n) is 2.76. The molecule has 1 N–H and O–H groups in total. The molecule has 0 aromatic heterocycles. The second-order valence-corrected chi connectivity index (χ2v) is 4.08. The summed E-state index contributed by atoms with van der Waals surface area (Å²) in [4.78, 5) is 10.2. The molecule has 0 radical (unpaired) electrons. The molecule has 0 aliphatic carbocycles. The highest BCUT2D eigenvalue weighted by Crippen LogP contribution is 2.41. The molecule has 0 atom stereocenters. The molecular weight excluding hydrogens is 226 g/mol. The molecule has 0 spiro atoms. The minimum atomic E-state index is -1.11. The first kappa shape index (κ1) is 11.8. The highest BCUT2D eigenvalue weighted by Gasteiger charge is 2.38. The fourth-order valence-electron chi connectivity index (χ4n) is 1.92. The Bertz CT molecular complexity index is 465. The van der Waals surface area contributed by atoms with Crippen LogP contribution in [0.15, 0.2) is 12.1 Å². The molecule has 0 bridgehead atoms. The van der Waals surface area contributed by atoms with Crippen molar-refractivity contribution in [2.45, 2.75) is 19.6 Å². The van der Waals surface area contributed by atoms with Crippen LogP contribution in [-0.2, 0) is 15.3 Å². The second-order valence-electron chi connectivity index (χ2n) is 4.08. The largest absolute Gasteiger partial charge is 0.502 e. The van der Waals surface area contributed by atoms with E-state index in [1.54, 1.807) is 19.9 Å². The number of phenols is 1. The van der Waals surface area contributed by atoms with Gasteiger partial charge in [-0.1, -0.05) is 0 Å². The first-order valence-corrected chi connectivity index (χ1v) is 5.20. The molecule has 92 valence electrons. The van der Waals surface area contributed by atoms with Crippen LogP contribution in [0.5, 0.6) is 5.75 Å². The molecule has 2 rings (SSSR count). The van der Waals surface area contributed by atoms with E-state index in [1.807, 2.05) is 0 Å². The first-order valence-electron chi connectivity index (χ1n) is 5.20. The van der Waals surface area contributed by atoms with E-state index >= 15 is 0 Å². The quantitative estimate of drug-likeness (QED) is 0.628. The van der Waals surface area contributed by atoms with Gasteiger partial charge in [-0.25, -0.2) is 0 Å². The Balaban J connectivity index is 2.57. The van der Waals surface area contributed by atoms with Crippen LogP contribution < -0.4 is 0 Å². The van der Waals surface area contributed by atoms with Crippen molar-refractivity contribution in [3.05, 3.63) is 33.4 Å². The molecule has 1 saturated heterocycles. The van der Waals surface area contributed by atoms with Gasteiger partial charge in [-0.05, 0) is 25.5 Å². The number of rotatable bonds is 2. The number of nitro groups is 1. The van der Waals surface area contributed by atoms with E-state index in [9.17, 15) is 15.2 Å². The summed E-state index contributed by atoms with van der Waals surface area (Å²) in [6.45, 7) is 4.15. The van der Waals surface area contributed by atoms with Crippen molar-refractivity contribution in [2.24, 2.45) is 0 Å². The average molecular weight is 239 g/mol. The van der Waals surface area contributed by atoms with Gasteiger partial charge in [0.1, 0.15) is 0 Å². The van der Waals surface area contributed by atoms with E-state index in [1.165, 1.54) is 6.07 Å². The number of phenolic OH excluding ortho intramolecular Hbond substituents is 1. The van der Waals surface area contributed by atoms with Crippen molar-refractivity contribution in [1.29, 1.82) is 0 Å². The average Bonchev–Trinajstić information content (AvgIpc) is 2.69. The van der Waals surface area contributed by atoms with E-state index in [2.05, 4.69) is 0 Å². The lowest BCUT2D eigenvalue weighted by Gasteiger charge is -2.23. The number of hydrogen-bond acceptors (Lipinski definition) is 5. The Morgan fingerprint density at radius 2 is 2.00 bits per heavy atom. The zero-order valence-corrected chi connectivity index (χ0v) is 9.60. The van der Waals surface area contributed by atoms with Gasteiger partial charge in [0.2, 0.25) is 5.75 Å². The molecule has 0 saturated carbocycles. The molecule has 6 heteroatoms. The third kappa shape index (κ3) is 1.96. The number of ether oxygens (including phenoxy) is 2. The lowest BCUT2D eigenvalue weighted by molar-refractivity contribution is -0.386. The Hall–Kier alpha value is -1.66. The van der Waals surface area contributed by atoms with Crippen LogP contribution in [0.4, 0.5) is 5.69 Å². The zero-order chi connectivity index (χ0) is 12.6. The fraction of sp³-hybridized carbons (Fsp3) is 0.455. The van der Waals surface area contributed by atoms with Gasteiger partial charge in [-0.2, -0.15) is 0 Å². The molecule has 1 aliphatic heterocycles. The van der Waals surface area contributed by atoms with Crippen molar-refractivity contribution in [3.8, 4) is 5.75 Å². The molecule has 0 amide bonds. The van der Waals surface area contributed by atoms with Crippen LogP contribution in [0.1, 0.15) is 18.1 Å². The summed E-state index contributed by atoms with van der Waals surface area (Å²) in [6.07, 6.45) is 0. The van der Waals surface area contributed by atoms with Crippen molar-refractivity contribution in [1.82, 2.24) is 0 Å². The maximum absolute atomic E-state index is 10.8. The SMILES string of the molecule is Cc1cc([N+](=O)[O-])c(O)c(C2(C)OCCO2)c1. The van der Waals surface area contributed by atoms with Gasteiger partial charge in [-0.3, -0.25) is 10.1 Å². The molecule has 6 nitrogen and oxygen atoms in total. The topological polar surface area (TPSA) is 81.8 Å². The zero-order valence-electron chi connectivity index (χ0n) is 9.60. The van der Waals surface area contributed by atoms with Gasteiger partial charge in [0, 0.05) is 6.07 Å². The Labute approximate surface area is 97.9 Å². The van der Waals surface area contributed by atoms with Crippen LogP contribution in [0.3, 0.4) is 0 Å². The van der Waals surface area contributed by atoms with Crippen LogP contribution in [0.25, 0.3) is 0 Å². The molecule has 1 aromatic carbocycles. The van der Waals surface area contributed by atoms with Crippen molar-refractivity contribution >= 4 is 5.69 Å². The lowest BCUT2D eigenvalue weighted by atomic mass is 10.0. The molecule has 17 heavy (non-hydrogen) atoms. The highest BCUT2D eigenvalue weighted by atomic mass is 16.7. The van der Waals surface area contributed by atoms with E-state index in [0.717, 1.165) is 0 Å². The van der Waals surface area contributed by atoms with Crippen molar-refractivity contribution in [3.63, 3.8) is 0 Å². The number of nitro benzene ring substituents is 1. The Kier molecular flexibility index (Phi) is 2.76. The van der Waals surface area contributed by atoms with Crippen LogP contribution in [-0.4, -0.2) is 23.2 Å². The monoisotopic (exact) mass is 239 g/mol. The summed E-state index contributed by atoms with van der Waals surface area (Å²) in [7, 11) is 0. The summed E-state index contributed by atoms with van der Waals surface area (Å²) in [5.74, 6) is -1.51. The number of hydrogen-bond donors (Lipinski definition) is 1. The minimum Gasteiger partial charge on any atom is -0.502 e. The maximum atomic E-state index is 10.8. The minimum absolute atomic E-state index is 0.293. The number of benzene rings is 1. The molecule has 1 aliphatic rings. The smallest absolute Gasteiger partial charge is 0.311 e. The van der Waals surface area contributed by atoms with Gasteiger partial charge in [-0.15, -0.1) is 0 Å². The van der Waals surface area contributed by atoms with E-state index in [0.29, 0.717) is 24.3 Å². The Morgan fingerprint density at radius 3 is 2.53 bits per heavy atom. The van der Waals surface area contributed by atoms with E-state index in [4.69, 9.17) is 9.47 Å². The molecule has 0 unspecified atom stereocenters. The van der Waals surface area contributed by atoms with Crippen LogP contribution >= 0.6 is 0 Å². The van der Waals surface area contributed by atoms with Crippen molar-refractivity contribution in [2.75, 3.05) is 13.2 Å². The van der Waals surface area contributed by atoms with Gasteiger partial charge in [0.15, 0.2) is 5.79 Å². The lowest BCUT2D eigenvalue weighted by Crippen LogP contribution is -2.23. The molecule has 1 aromatic rings. The summed E-state index contributed by atoms with van der Waals surface area (Å²) in [5, 5.41) is 20.7. The maximum Gasteiger partial charge on any atom is 0.311 e. The van der Waals surface area contributed by atoms with Gasteiger partial charge in [0.05, 0.1) is 23.7 Å².